The van der Waals surface area contributed by atoms with Gasteiger partial charge in [-0.3, -0.25) is 9.59 Å². The zero-order chi connectivity index (χ0) is 23.8. The molecule has 4 rings (SSSR count). The van der Waals surface area contributed by atoms with Crippen LogP contribution in [0.4, 0.5) is 0 Å². The Kier molecular flexibility index (Phi) is 6.57. The highest BCUT2D eigenvalue weighted by molar-refractivity contribution is 7.89. The Bertz CT molecular complexity index is 1110. The van der Waals surface area contributed by atoms with Crippen LogP contribution in [0.25, 0.3) is 0 Å². The van der Waals surface area contributed by atoms with E-state index in [1.165, 1.54) is 4.31 Å². The molecule has 12 heteroatoms. The van der Waals surface area contributed by atoms with E-state index in [0.29, 0.717) is 56.8 Å². The number of aryl methyl sites for hydroxylation is 3. The molecule has 0 aliphatic carbocycles. The number of hydrogen-bond acceptors (Lipinski definition) is 8. The molecule has 11 nitrogen and oxygen atoms in total. The lowest BCUT2D eigenvalue weighted by Gasteiger charge is -2.37. The molecule has 0 aromatic carbocycles. The highest BCUT2D eigenvalue weighted by Gasteiger charge is 2.38. The van der Waals surface area contributed by atoms with E-state index in [4.69, 9.17) is 9.05 Å². The first kappa shape index (κ1) is 23.4. The number of rotatable bonds is 5. The molecule has 0 saturated carbocycles. The van der Waals surface area contributed by atoms with Gasteiger partial charge < -0.3 is 19.3 Å². The molecule has 2 aromatic rings. The van der Waals surface area contributed by atoms with Crippen molar-refractivity contribution in [3.63, 3.8) is 0 Å². The summed E-state index contributed by atoms with van der Waals surface area (Å²) in [6, 6.07) is 1.53. The summed E-state index contributed by atoms with van der Waals surface area (Å²) < 4.78 is 37.6. The maximum atomic E-state index is 13.2. The van der Waals surface area contributed by atoms with Crippen LogP contribution in [0.2, 0.25) is 0 Å². The normalized spacial score (nSPS) is 20.7. The van der Waals surface area contributed by atoms with Crippen LogP contribution in [0.1, 0.15) is 53.4 Å². The second-order valence-corrected chi connectivity index (χ2v) is 10.6. The third-order valence-corrected chi connectivity index (χ3v) is 8.41. The van der Waals surface area contributed by atoms with Gasteiger partial charge in [0.05, 0.1) is 5.92 Å². The average Bonchev–Trinajstić information content (AvgIpc) is 3.39. The zero-order valence-corrected chi connectivity index (χ0v) is 19.9. The molecule has 2 aromatic heterocycles. The molecule has 2 amide bonds. The fourth-order valence-electron chi connectivity index (χ4n) is 4.57. The number of likely N-dealkylation sites (tertiary alicyclic amines) is 1. The van der Waals surface area contributed by atoms with E-state index in [9.17, 15) is 18.0 Å². The van der Waals surface area contributed by atoms with Crippen LogP contribution in [0.5, 0.6) is 0 Å². The first-order valence-electron chi connectivity index (χ1n) is 11.1. The van der Waals surface area contributed by atoms with Gasteiger partial charge in [-0.15, -0.1) is 0 Å². The van der Waals surface area contributed by atoms with Crippen molar-refractivity contribution in [1.82, 2.24) is 24.8 Å². The minimum absolute atomic E-state index is 0.0365. The fraction of sp³-hybridized carbons (Fsp3) is 0.619. The van der Waals surface area contributed by atoms with Gasteiger partial charge in [0, 0.05) is 38.3 Å². The van der Waals surface area contributed by atoms with Crippen LogP contribution in [0.15, 0.2) is 20.0 Å². The molecule has 0 spiro atoms. The molecular weight excluding hydrogens is 450 g/mol. The summed E-state index contributed by atoms with van der Waals surface area (Å²) in [4.78, 5) is 27.3. The standard InChI is InChI=1S/C21H29N5O6S/c1-13-11-18(24-31-13)20(27)22-17-6-9-25(10-7-17)21(28)16-5-4-8-26(12-16)33(29,30)19-14(2)23-32-15(19)3/h11,16-17H,4-10,12H2,1-3H3,(H,22,27)/t16-/m0/s1. The zero-order valence-electron chi connectivity index (χ0n) is 19.0. The predicted molar refractivity (Wildman–Crippen MR) is 116 cm³/mol. The van der Waals surface area contributed by atoms with Crippen LogP contribution in [0.3, 0.4) is 0 Å². The highest BCUT2D eigenvalue weighted by Crippen LogP contribution is 2.29. The SMILES string of the molecule is Cc1cc(C(=O)NC2CCN(C(=O)[C@H]3CCCN(S(=O)(=O)c4c(C)noc4C)C3)CC2)no1. The van der Waals surface area contributed by atoms with Gasteiger partial charge in [0.15, 0.2) is 11.5 Å². The van der Waals surface area contributed by atoms with E-state index in [1.807, 2.05) is 0 Å². The van der Waals surface area contributed by atoms with E-state index in [0.717, 1.165) is 0 Å². The van der Waals surface area contributed by atoms with E-state index in [1.54, 1.807) is 31.7 Å². The third-order valence-electron chi connectivity index (χ3n) is 6.30. The number of sulfonamides is 1. The molecule has 1 atom stereocenters. The molecule has 4 heterocycles. The molecule has 0 unspecified atom stereocenters. The van der Waals surface area contributed by atoms with Crippen molar-refractivity contribution in [2.75, 3.05) is 26.2 Å². The lowest BCUT2D eigenvalue weighted by atomic mass is 9.96. The van der Waals surface area contributed by atoms with Crippen LogP contribution >= 0.6 is 0 Å². The van der Waals surface area contributed by atoms with Gasteiger partial charge >= 0.3 is 0 Å². The lowest BCUT2D eigenvalue weighted by Crippen LogP contribution is -2.51. The Morgan fingerprint density at radius 1 is 1.06 bits per heavy atom. The first-order valence-corrected chi connectivity index (χ1v) is 12.6. The lowest BCUT2D eigenvalue weighted by molar-refractivity contribution is -0.137. The molecule has 2 saturated heterocycles. The minimum atomic E-state index is -3.78. The predicted octanol–water partition coefficient (Wildman–Crippen LogP) is 1.41. The van der Waals surface area contributed by atoms with Crippen molar-refractivity contribution in [2.24, 2.45) is 5.92 Å². The van der Waals surface area contributed by atoms with E-state index in [2.05, 4.69) is 15.6 Å². The molecule has 2 aliphatic rings. The number of carbonyl (C=O) groups is 2. The van der Waals surface area contributed by atoms with Crippen molar-refractivity contribution < 1.29 is 27.1 Å². The van der Waals surface area contributed by atoms with Gasteiger partial charge in [0.25, 0.3) is 5.91 Å². The number of hydrogen-bond donors (Lipinski definition) is 1. The van der Waals surface area contributed by atoms with Gasteiger partial charge in [-0.2, -0.15) is 4.31 Å². The average molecular weight is 480 g/mol. The van der Waals surface area contributed by atoms with E-state index in [-0.39, 0.29) is 40.8 Å². The van der Waals surface area contributed by atoms with Gasteiger partial charge in [-0.1, -0.05) is 10.3 Å². The Balaban J connectivity index is 1.34. The maximum Gasteiger partial charge on any atom is 0.273 e. The number of piperidine rings is 2. The van der Waals surface area contributed by atoms with Crippen LogP contribution in [-0.2, 0) is 14.8 Å². The highest BCUT2D eigenvalue weighted by atomic mass is 32.2. The van der Waals surface area contributed by atoms with Crippen LogP contribution in [-0.4, -0.2) is 72.0 Å². The van der Waals surface area contributed by atoms with Crippen molar-refractivity contribution >= 4 is 21.8 Å². The largest absolute Gasteiger partial charge is 0.361 e. The summed E-state index contributed by atoms with van der Waals surface area (Å²) in [5.41, 5.74) is 0.568. The molecule has 33 heavy (non-hydrogen) atoms. The number of amides is 2. The van der Waals surface area contributed by atoms with Gasteiger partial charge in [-0.05, 0) is 46.5 Å². The maximum absolute atomic E-state index is 13.2. The van der Waals surface area contributed by atoms with Gasteiger partial charge in [0.1, 0.15) is 16.3 Å². The number of aromatic nitrogens is 2. The monoisotopic (exact) mass is 479 g/mol. The van der Waals surface area contributed by atoms with Crippen molar-refractivity contribution in [1.29, 1.82) is 0 Å². The molecular formula is C21H29N5O6S. The summed E-state index contributed by atoms with van der Waals surface area (Å²) >= 11 is 0. The smallest absolute Gasteiger partial charge is 0.273 e. The fourth-order valence-corrected chi connectivity index (χ4v) is 6.38. The van der Waals surface area contributed by atoms with Crippen LogP contribution < -0.4 is 5.32 Å². The van der Waals surface area contributed by atoms with Crippen LogP contribution in [0, 0.1) is 26.7 Å². The summed E-state index contributed by atoms with van der Waals surface area (Å²) in [6.07, 6.45) is 2.52. The van der Waals surface area contributed by atoms with Crippen molar-refractivity contribution in [2.45, 2.75) is 57.4 Å². The molecule has 2 aliphatic heterocycles. The quantitative estimate of drug-likeness (QED) is 0.679. The molecule has 0 bridgehead atoms. The third kappa shape index (κ3) is 4.81. The van der Waals surface area contributed by atoms with Gasteiger partial charge in [-0.25, -0.2) is 8.42 Å². The second-order valence-electron chi connectivity index (χ2n) is 8.75. The molecule has 0 radical (unpaired) electrons. The number of nitrogens with one attached hydrogen (secondary N) is 1. The molecule has 180 valence electrons. The molecule has 1 N–H and O–H groups in total. The van der Waals surface area contributed by atoms with E-state index < -0.39 is 15.9 Å². The number of carbonyl (C=O) groups excluding carboxylic acids is 2. The minimum Gasteiger partial charge on any atom is -0.361 e. The second kappa shape index (κ2) is 9.26. The Morgan fingerprint density at radius 2 is 1.79 bits per heavy atom. The van der Waals surface area contributed by atoms with Crippen molar-refractivity contribution in [3.8, 4) is 0 Å². The summed E-state index contributed by atoms with van der Waals surface area (Å²) in [5.74, 6) is 0.109. The summed E-state index contributed by atoms with van der Waals surface area (Å²) in [5, 5.41) is 10.4. The summed E-state index contributed by atoms with van der Waals surface area (Å²) in [6.45, 7) is 6.43. The molecule has 2 fully saturated rings. The summed E-state index contributed by atoms with van der Waals surface area (Å²) in [7, 11) is -3.78. The van der Waals surface area contributed by atoms with Crippen molar-refractivity contribution in [3.05, 3.63) is 29.0 Å². The topological polar surface area (TPSA) is 139 Å². The van der Waals surface area contributed by atoms with Gasteiger partial charge in [0.2, 0.25) is 15.9 Å². The first-order chi connectivity index (χ1) is 15.7. The Hall–Kier alpha value is -2.73. The Labute approximate surface area is 192 Å². The van der Waals surface area contributed by atoms with E-state index >= 15 is 0 Å². The number of nitrogens with zero attached hydrogens (tertiary/aromatic N) is 4. The Morgan fingerprint density at radius 3 is 2.39 bits per heavy atom.